The second-order valence-electron chi connectivity index (χ2n) is 4.49. The van der Waals surface area contributed by atoms with E-state index in [2.05, 4.69) is 31.2 Å². The summed E-state index contributed by atoms with van der Waals surface area (Å²) in [6.07, 6.45) is 4.74. The van der Waals surface area contributed by atoms with Gasteiger partial charge in [-0.25, -0.2) is 0 Å². The molecule has 4 nitrogen and oxygen atoms in total. The van der Waals surface area contributed by atoms with Crippen molar-refractivity contribution in [3.05, 3.63) is 29.0 Å². The first kappa shape index (κ1) is 11.9. The number of nitrogens with zero attached hydrogens (tertiary/aromatic N) is 2. The number of nitrogens with one attached hydrogen (secondary N) is 1. The molecule has 0 saturated carbocycles. The third-order valence-corrected chi connectivity index (χ3v) is 3.58. The summed E-state index contributed by atoms with van der Waals surface area (Å²) in [6, 6.07) is 3.95. The first-order valence-electron chi connectivity index (χ1n) is 6.05. The van der Waals surface area contributed by atoms with Crippen LogP contribution in [0.15, 0.2) is 29.0 Å². The standard InChI is InChI=1S/C13H14BrN3O/c14-10-5-12-13(17-7-10)11(1-3-15-12)16-6-9-2-4-18-8-9/h1,3,5,7,9H,2,4,6,8H2,(H,15,16). The minimum absolute atomic E-state index is 0.601. The highest BCUT2D eigenvalue weighted by atomic mass is 79.9. The lowest BCUT2D eigenvalue weighted by Crippen LogP contribution is -2.14. The molecule has 0 radical (unpaired) electrons. The van der Waals surface area contributed by atoms with Gasteiger partial charge in [0, 0.05) is 35.9 Å². The van der Waals surface area contributed by atoms with Gasteiger partial charge < -0.3 is 10.1 Å². The number of rotatable bonds is 3. The van der Waals surface area contributed by atoms with Gasteiger partial charge in [0.05, 0.1) is 17.8 Å². The Morgan fingerprint density at radius 1 is 1.44 bits per heavy atom. The van der Waals surface area contributed by atoms with Crippen molar-refractivity contribution in [3.63, 3.8) is 0 Å². The van der Waals surface area contributed by atoms with Crippen LogP contribution < -0.4 is 5.32 Å². The second kappa shape index (κ2) is 5.20. The fourth-order valence-corrected chi connectivity index (χ4v) is 2.47. The molecule has 18 heavy (non-hydrogen) atoms. The highest BCUT2D eigenvalue weighted by molar-refractivity contribution is 9.10. The van der Waals surface area contributed by atoms with Crippen LogP contribution in [-0.2, 0) is 4.74 Å². The number of aromatic nitrogens is 2. The Bertz CT molecular complexity index is 555. The van der Waals surface area contributed by atoms with E-state index in [-0.39, 0.29) is 0 Å². The number of hydrogen-bond donors (Lipinski definition) is 1. The topological polar surface area (TPSA) is 47.0 Å². The Kier molecular flexibility index (Phi) is 3.43. The third kappa shape index (κ3) is 2.47. The zero-order valence-electron chi connectivity index (χ0n) is 9.90. The van der Waals surface area contributed by atoms with Crippen LogP contribution in [0.1, 0.15) is 6.42 Å². The van der Waals surface area contributed by atoms with Gasteiger partial charge in [-0.2, -0.15) is 0 Å². The number of ether oxygens (including phenoxy) is 1. The Hall–Kier alpha value is -1.20. The lowest BCUT2D eigenvalue weighted by atomic mass is 10.1. The molecule has 2 aromatic heterocycles. The molecule has 5 heteroatoms. The minimum Gasteiger partial charge on any atom is -0.383 e. The van der Waals surface area contributed by atoms with Gasteiger partial charge in [-0.05, 0) is 34.5 Å². The lowest BCUT2D eigenvalue weighted by Gasteiger charge is -2.12. The first-order chi connectivity index (χ1) is 8.83. The fourth-order valence-electron chi connectivity index (χ4n) is 2.15. The molecule has 0 aliphatic carbocycles. The van der Waals surface area contributed by atoms with Crippen LogP contribution in [-0.4, -0.2) is 29.7 Å². The Morgan fingerprint density at radius 3 is 3.22 bits per heavy atom. The monoisotopic (exact) mass is 307 g/mol. The third-order valence-electron chi connectivity index (χ3n) is 3.15. The van der Waals surface area contributed by atoms with Gasteiger partial charge in [0.15, 0.2) is 0 Å². The molecule has 94 valence electrons. The summed E-state index contributed by atoms with van der Waals surface area (Å²) in [7, 11) is 0. The van der Waals surface area contributed by atoms with E-state index in [4.69, 9.17) is 4.74 Å². The van der Waals surface area contributed by atoms with Crippen LogP contribution in [0.4, 0.5) is 5.69 Å². The summed E-state index contributed by atoms with van der Waals surface area (Å²) >= 11 is 3.41. The number of fused-ring (bicyclic) bond motifs is 1. The highest BCUT2D eigenvalue weighted by Gasteiger charge is 2.15. The van der Waals surface area contributed by atoms with Crippen molar-refractivity contribution in [3.8, 4) is 0 Å². The van der Waals surface area contributed by atoms with Crippen LogP contribution in [0.2, 0.25) is 0 Å². The van der Waals surface area contributed by atoms with Gasteiger partial charge in [0.1, 0.15) is 5.52 Å². The molecule has 3 rings (SSSR count). The quantitative estimate of drug-likeness (QED) is 0.947. The van der Waals surface area contributed by atoms with Crippen LogP contribution in [0, 0.1) is 5.92 Å². The summed E-state index contributed by atoms with van der Waals surface area (Å²) in [5.74, 6) is 0.601. The summed E-state index contributed by atoms with van der Waals surface area (Å²) in [5, 5.41) is 3.45. The molecule has 1 fully saturated rings. The van der Waals surface area contributed by atoms with Crippen LogP contribution in [0.25, 0.3) is 11.0 Å². The first-order valence-corrected chi connectivity index (χ1v) is 6.84. The Labute approximate surface area is 114 Å². The molecular formula is C13H14BrN3O. The Morgan fingerprint density at radius 2 is 2.39 bits per heavy atom. The fraction of sp³-hybridized carbons (Fsp3) is 0.385. The van der Waals surface area contributed by atoms with Crippen molar-refractivity contribution in [1.82, 2.24) is 9.97 Å². The molecule has 1 atom stereocenters. The maximum atomic E-state index is 5.37. The van der Waals surface area contributed by atoms with Crippen LogP contribution in [0.5, 0.6) is 0 Å². The number of anilines is 1. The maximum Gasteiger partial charge on any atom is 0.112 e. The molecular weight excluding hydrogens is 294 g/mol. The van der Waals surface area contributed by atoms with Gasteiger partial charge in [0.25, 0.3) is 0 Å². The molecule has 2 aromatic rings. The molecule has 3 heterocycles. The van der Waals surface area contributed by atoms with Crippen molar-refractivity contribution in [2.75, 3.05) is 25.1 Å². The van der Waals surface area contributed by atoms with Crippen molar-refractivity contribution in [1.29, 1.82) is 0 Å². The SMILES string of the molecule is Brc1cnc2c(NCC3CCOC3)ccnc2c1. The maximum absolute atomic E-state index is 5.37. The molecule has 1 aliphatic rings. The molecule has 1 aliphatic heterocycles. The van der Waals surface area contributed by atoms with Crippen molar-refractivity contribution < 1.29 is 4.74 Å². The average Bonchev–Trinajstić information content (AvgIpc) is 2.89. The second-order valence-corrected chi connectivity index (χ2v) is 5.41. The van der Waals surface area contributed by atoms with E-state index >= 15 is 0 Å². The van der Waals surface area contributed by atoms with E-state index < -0.39 is 0 Å². The molecule has 1 N–H and O–H groups in total. The van der Waals surface area contributed by atoms with E-state index in [1.807, 2.05) is 18.3 Å². The minimum atomic E-state index is 0.601. The molecule has 1 saturated heterocycles. The zero-order chi connectivity index (χ0) is 12.4. The van der Waals surface area contributed by atoms with E-state index in [9.17, 15) is 0 Å². The van der Waals surface area contributed by atoms with Crippen molar-refractivity contribution in [2.24, 2.45) is 5.92 Å². The van der Waals surface area contributed by atoms with Gasteiger partial charge in [0.2, 0.25) is 0 Å². The van der Waals surface area contributed by atoms with E-state index in [1.54, 1.807) is 6.20 Å². The van der Waals surface area contributed by atoms with E-state index in [0.717, 1.165) is 47.4 Å². The number of halogens is 1. The number of hydrogen-bond acceptors (Lipinski definition) is 4. The molecule has 0 spiro atoms. The van der Waals surface area contributed by atoms with Crippen LogP contribution in [0.3, 0.4) is 0 Å². The average molecular weight is 308 g/mol. The lowest BCUT2D eigenvalue weighted by molar-refractivity contribution is 0.187. The van der Waals surface area contributed by atoms with Gasteiger partial charge in [-0.3, -0.25) is 9.97 Å². The van der Waals surface area contributed by atoms with Gasteiger partial charge in [-0.15, -0.1) is 0 Å². The Balaban J connectivity index is 1.82. The van der Waals surface area contributed by atoms with Crippen molar-refractivity contribution in [2.45, 2.75) is 6.42 Å². The number of pyridine rings is 2. The normalized spacial score (nSPS) is 19.3. The predicted molar refractivity (Wildman–Crippen MR) is 74.7 cm³/mol. The predicted octanol–water partition coefficient (Wildman–Crippen LogP) is 2.84. The molecule has 0 aromatic carbocycles. The summed E-state index contributed by atoms with van der Waals surface area (Å²) in [4.78, 5) is 8.75. The summed E-state index contributed by atoms with van der Waals surface area (Å²) in [5.41, 5.74) is 2.86. The van der Waals surface area contributed by atoms with E-state index in [1.165, 1.54) is 0 Å². The largest absolute Gasteiger partial charge is 0.383 e. The van der Waals surface area contributed by atoms with Crippen LogP contribution >= 0.6 is 15.9 Å². The molecule has 1 unspecified atom stereocenters. The van der Waals surface area contributed by atoms with Gasteiger partial charge >= 0.3 is 0 Å². The molecule has 0 amide bonds. The van der Waals surface area contributed by atoms with Gasteiger partial charge in [-0.1, -0.05) is 0 Å². The highest BCUT2D eigenvalue weighted by Crippen LogP contribution is 2.23. The van der Waals surface area contributed by atoms with Crippen molar-refractivity contribution >= 4 is 32.7 Å². The molecule has 0 bridgehead atoms. The van der Waals surface area contributed by atoms with E-state index in [0.29, 0.717) is 5.92 Å². The summed E-state index contributed by atoms with van der Waals surface area (Å²) < 4.78 is 6.32. The summed E-state index contributed by atoms with van der Waals surface area (Å²) in [6.45, 7) is 2.67. The smallest absolute Gasteiger partial charge is 0.112 e. The zero-order valence-corrected chi connectivity index (χ0v) is 11.5.